The normalized spacial score (nSPS) is 24.3. The number of benzene rings is 2. The summed E-state index contributed by atoms with van der Waals surface area (Å²) in [5.74, 6) is -3.65. The molecule has 0 aliphatic carbocycles. The molecular weight excluding hydrogens is 469 g/mol. The number of fused-ring (bicyclic) bond motifs is 3. The van der Waals surface area contributed by atoms with Gasteiger partial charge in [-0.25, -0.2) is 9.59 Å². The average Bonchev–Trinajstić information content (AvgIpc) is 3.29. The molecule has 0 saturated carbocycles. The Morgan fingerprint density at radius 2 is 1.64 bits per heavy atom. The number of aliphatic carboxylic acids is 2. The lowest BCUT2D eigenvalue weighted by molar-refractivity contribution is -0.159. The number of carboxylic acid groups (broad SMARTS) is 2. The van der Waals surface area contributed by atoms with Crippen LogP contribution in [-0.2, 0) is 21.7 Å². The van der Waals surface area contributed by atoms with Crippen LogP contribution in [0.4, 0.5) is 0 Å². The molecule has 3 N–H and O–H groups in total. The maximum absolute atomic E-state index is 11.5. The quantitative estimate of drug-likeness (QED) is 0.446. The van der Waals surface area contributed by atoms with Crippen molar-refractivity contribution in [3.8, 4) is 0 Å². The van der Waals surface area contributed by atoms with Crippen molar-refractivity contribution in [1.29, 1.82) is 0 Å². The van der Waals surface area contributed by atoms with Crippen LogP contribution in [0.1, 0.15) is 36.8 Å². The van der Waals surface area contributed by atoms with Crippen molar-refractivity contribution < 1.29 is 29.3 Å². The molecule has 2 fully saturated rings. The summed E-state index contributed by atoms with van der Waals surface area (Å²) in [6.07, 6.45) is 5.43. The average molecular weight is 492 g/mol. The standard InChI is InChI=1S/C22H21Cl2NO2.C2H2O4/c23-19-6-3-5-18(21(19)24)22(26)10-15-8-9-16(11-22)25(15)12-14-13-27-20-7-2-1-4-17(14)20;3-1(4)2(5)6/h1-7,13,15-16,26H,8-12H2;(H,3,4)(H,5,6)/t15-,16+,22?;. The molecule has 2 aromatic carbocycles. The second kappa shape index (κ2) is 9.35. The molecule has 2 bridgehead atoms. The monoisotopic (exact) mass is 491 g/mol. The minimum Gasteiger partial charge on any atom is -0.473 e. The van der Waals surface area contributed by atoms with Gasteiger partial charge in [0.25, 0.3) is 0 Å². The van der Waals surface area contributed by atoms with E-state index < -0.39 is 17.5 Å². The van der Waals surface area contributed by atoms with Gasteiger partial charge >= 0.3 is 11.9 Å². The van der Waals surface area contributed by atoms with Crippen LogP contribution in [0.15, 0.2) is 53.1 Å². The molecule has 9 heteroatoms. The zero-order valence-corrected chi connectivity index (χ0v) is 19.1. The first kappa shape index (κ1) is 23.6. The van der Waals surface area contributed by atoms with E-state index in [0.29, 0.717) is 35.0 Å². The van der Waals surface area contributed by atoms with Gasteiger partial charge < -0.3 is 19.7 Å². The van der Waals surface area contributed by atoms with E-state index in [1.807, 2.05) is 36.6 Å². The fourth-order valence-electron chi connectivity index (χ4n) is 5.01. The van der Waals surface area contributed by atoms with Crippen molar-refractivity contribution >= 4 is 46.1 Å². The van der Waals surface area contributed by atoms with Crippen molar-refractivity contribution in [2.24, 2.45) is 0 Å². The third kappa shape index (κ3) is 4.73. The number of carbonyl (C=O) groups is 2. The number of aliphatic hydroxyl groups is 1. The van der Waals surface area contributed by atoms with Crippen LogP contribution in [0.25, 0.3) is 11.0 Å². The van der Waals surface area contributed by atoms with Crippen LogP contribution < -0.4 is 0 Å². The highest BCUT2D eigenvalue weighted by Crippen LogP contribution is 2.48. The summed E-state index contributed by atoms with van der Waals surface area (Å²) in [6, 6.07) is 14.4. The number of halogens is 2. The Morgan fingerprint density at radius 3 is 2.27 bits per heavy atom. The van der Waals surface area contributed by atoms with Gasteiger partial charge in [-0.15, -0.1) is 0 Å². The smallest absolute Gasteiger partial charge is 0.414 e. The molecule has 2 saturated heterocycles. The summed E-state index contributed by atoms with van der Waals surface area (Å²) in [7, 11) is 0. The van der Waals surface area contributed by atoms with Gasteiger partial charge in [0, 0.05) is 35.1 Å². The van der Waals surface area contributed by atoms with Crippen molar-refractivity contribution in [2.45, 2.75) is 49.9 Å². The Balaban J connectivity index is 0.000000385. The van der Waals surface area contributed by atoms with Crippen molar-refractivity contribution in [1.82, 2.24) is 4.90 Å². The Labute approximate surface area is 200 Å². The Morgan fingerprint density at radius 1 is 1.00 bits per heavy atom. The Bertz CT molecular complexity index is 1170. The third-order valence-electron chi connectivity index (χ3n) is 6.47. The first-order chi connectivity index (χ1) is 15.7. The van der Waals surface area contributed by atoms with Gasteiger partial charge in [0.15, 0.2) is 0 Å². The molecule has 174 valence electrons. The van der Waals surface area contributed by atoms with Crippen molar-refractivity contribution in [3.63, 3.8) is 0 Å². The summed E-state index contributed by atoms with van der Waals surface area (Å²) in [5, 5.41) is 28.4. The molecule has 2 aliphatic rings. The van der Waals surface area contributed by atoms with Crippen LogP contribution >= 0.6 is 23.2 Å². The number of furan rings is 1. The number of hydrogen-bond donors (Lipinski definition) is 3. The molecule has 3 atom stereocenters. The molecule has 33 heavy (non-hydrogen) atoms. The van der Waals surface area contributed by atoms with Crippen LogP contribution in [0.5, 0.6) is 0 Å². The van der Waals surface area contributed by atoms with E-state index in [4.69, 9.17) is 47.4 Å². The summed E-state index contributed by atoms with van der Waals surface area (Å²) in [5.41, 5.74) is 2.00. The largest absolute Gasteiger partial charge is 0.473 e. The van der Waals surface area contributed by atoms with E-state index in [0.717, 1.165) is 30.5 Å². The lowest BCUT2D eigenvalue weighted by Crippen LogP contribution is -2.49. The lowest BCUT2D eigenvalue weighted by Gasteiger charge is -2.44. The molecule has 1 aromatic heterocycles. The van der Waals surface area contributed by atoms with Gasteiger partial charge in [0.1, 0.15) is 5.58 Å². The SMILES string of the molecule is O=C(O)C(=O)O.OC1(c2cccc(Cl)c2Cl)C[C@H]2CC[C@@H](C1)N2Cc1coc2ccccc12. The number of nitrogens with zero attached hydrogens (tertiary/aromatic N) is 1. The molecule has 0 spiro atoms. The van der Waals surface area contributed by atoms with E-state index in [2.05, 4.69) is 11.0 Å². The molecule has 3 heterocycles. The molecular formula is C24H23Cl2NO6. The Hall–Kier alpha value is -2.58. The minimum atomic E-state index is -1.82. The van der Waals surface area contributed by atoms with Crippen LogP contribution in [-0.4, -0.2) is 44.2 Å². The highest BCUT2D eigenvalue weighted by Gasteiger charge is 2.49. The molecule has 0 amide bonds. The predicted octanol–water partition coefficient (Wildman–Crippen LogP) is 4.91. The second-order valence-electron chi connectivity index (χ2n) is 8.47. The molecule has 7 nitrogen and oxygen atoms in total. The highest BCUT2D eigenvalue weighted by atomic mass is 35.5. The van der Waals surface area contributed by atoms with Crippen LogP contribution in [0.3, 0.4) is 0 Å². The van der Waals surface area contributed by atoms with Gasteiger partial charge in [0.2, 0.25) is 0 Å². The molecule has 5 rings (SSSR count). The predicted molar refractivity (Wildman–Crippen MR) is 123 cm³/mol. The Kier molecular flexibility index (Phi) is 6.68. The molecule has 0 radical (unpaired) electrons. The highest BCUT2D eigenvalue weighted by molar-refractivity contribution is 6.42. The van der Waals surface area contributed by atoms with Gasteiger partial charge in [-0.2, -0.15) is 0 Å². The minimum absolute atomic E-state index is 0.331. The maximum Gasteiger partial charge on any atom is 0.414 e. The van der Waals surface area contributed by atoms with Gasteiger partial charge in [-0.3, -0.25) is 4.90 Å². The zero-order valence-electron chi connectivity index (χ0n) is 17.6. The van der Waals surface area contributed by atoms with E-state index in [1.54, 1.807) is 6.07 Å². The topological polar surface area (TPSA) is 111 Å². The van der Waals surface area contributed by atoms with Gasteiger partial charge in [-0.05, 0) is 37.8 Å². The zero-order chi connectivity index (χ0) is 23.8. The van der Waals surface area contributed by atoms with E-state index in [1.165, 1.54) is 10.9 Å². The number of piperidine rings is 1. The van der Waals surface area contributed by atoms with E-state index >= 15 is 0 Å². The number of para-hydroxylation sites is 1. The summed E-state index contributed by atoms with van der Waals surface area (Å²) in [4.78, 5) is 20.7. The molecule has 1 unspecified atom stereocenters. The fourth-order valence-corrected chi connectivity index (χ4v) is 5.49. The number of hydrogen-bond acceptors (Lipinski definition) is 5. The summed E-state index contributed by atoms with van der Waals surface area (Å²) >= 11 is 12.6. The van der Waals surface area contributed by atoms with Crippen molar-refractivity contribution in [3.05, 3.63) is 69.9 Å². The van der Waals surface area contributed by atoms with Gasteiger partial charge in [0.05, 0.1) is 21.9 Å². The second-order valence-corrected chi connectivity index (χ2v) is 9.25. The molecule has 3 aromatic rings. The summed E-state index contributed by atoms with van der Waals surface area (Å²) < 4.78 is 5.71. The van der Waals surface area contributed by atoms with E-state index in [-0.39, 0.29) is 0 Å². The van der Waals surface area contributed by atoms with Crippen LogP contribution in [0.2, 0.25) is 10.0 Å². The fraction of sp³-hybridized carbons (Fsp3) is 0.333. The lowest BCUT2D eigenvalue weighted by atomic mass is 9.80. The molecule has 2 aliphatic heterocycles. The number of carboxylic acids is 2. The third-order valence-corrected chi connectivity index (χ3v) is 7.29. The first-order valence-electron chi connectivity index (χ1n) is 10.5. The maximum atomic E-state index is 11.5. The van der Waals surface area contributed by atoms with Crippen molar-refractivity contribution in [2.75, 3.05) is 0 Å². The summed E-state index contributed by atoms with van der Waals surface area (Å²) in [6.45, 7) is 0.853. The van der Waals surface area contributed by atoms with E-state index in [9.17, 15) is 5.11 Å². The number of rotatable bonds is 3. The van der Waals surface area contributed by atoms with Gasteiger partial charge in [-0.1, -0.05) is 53.5 Å². The first-order valence-corrected chi connectivity index (χ1v) is 11.3. The van der Waals surface area contributed by atoms with Crippen LogP contribution in [0, 0.1) is 0 Å².